The summed E-state index contributed by atoms with van der Waals surface area (Å²) in [6, 6.07) is 34.5. The molecule has 1 saturated carbocycles. The van der Waals surface area contributed by atoms with E-state index in [9.17, 15) is 14.4 Å². The third-order valence-corrected chi connectivity index (χ3v) is 24.0. The zero-order valence-corrected chi connectivity index (χ0v) is 64.1. The van der Waals surface area contributed by atoms with Crippen molar-refractivity contribution in [3.8, 4) is 33.8 Å². The molecule has 9 aromatic rings. The Morgan fingerprint density at radius 2 is 0.911 bits per heavy atom. The Labute approximate surface area is 649 Å². The van der Waals surface area contributed by atoms with Crippen LogP contribution in [-0.2, 0) is 37.9 Å². The number of primary amides is 1. The van der Waals surface area contributed by atoms with Gasteiger partial charge in [-0.15, -0.1) is 0 Å². The number of pyridine rings is 3. The van der Waals surface area contributed by atoms with Crippen LogP contribution in [-0.4, -0.2) is 254 Å². The molecule has 3 aromatic carbocycles. The number of anilines is 6. The third kappa shape index (κ3) is 14.6. The lowest BCUT2D eigenvalue weighted by atomic mass is 9.96. The first-order valence-electron chi connectivity index (χ1n) is 39.6. The van der Waals surface area contributed by atoms with E-state index in [0.717, 1.165) is 76.0 Å². The largest absolute Gasteiger partial charge is 0.378 e. The van der Waals surface area contributed by atoms with Gasteiger partial charge in [0.1, 0.15) is 28.7 Å². The number of rotatable bonds is 16. The Morgan fingerprint density at radius 3 is 1.42 bits per heavy atom. The highest BCUT2D eigenvalue weighted by molar-refractivity contribution is 5.98. The summed E-state index contributed by atoms with van der Waals surface area (Å²) in [5, 5.41) is 8.95. The molecule has 584 valence electrons. The molecule has 3 amide bonds. The summed E-state index contributed by atoms with van der Waals surface area (Å²) in [6.07, 6.45) is 3.47. The number of morpholine rings is 6. The fourth-order valence-electron chi connectivity index (χ4n) is 17.7. The van der Waals surface area contributed by atoms with Gasteiger partial charge in [0.05, 0.1) is 161 Å². The maximum absolute atomic E-state index is 14.3. The number of aromatic nitrogens is 9. The Hall–Kier alpha value is -9.98. The number of nitrogens with one attached hydrogen (secondary N) is 2. The fourth-order valence-corrected chi connectivity index (χ4v) is 17.7. The quantitative estimate of drug-likeness (QED) is 0.0829. The number of hydrogen-bond acceptors (Lipinski definition) is 26. The summed E-state index contributed by atoms with van der Waals surface area (Å²) in [5.41, 5.74) is 11.5. The van der Waals surface area contributed by atoms with E-state index in [0.29, 0.717) is 207 Å². The van der Waals surface area contributed by atoms with Crippen molar-refractivity contribution in [3.63, 3.8) is 0 Å². The van der Waals surface area contributed by atoms with E-state index in [2.05, 4.69) is 74.7 Å². The maximum Gasteiger partial charge on any atom is 0.251 e. The van der Waals surface area contributed by atoms with Gasteiger partial charge in [0, 0.05) is 98.6 Å². The predicted octanol–water partition coefficient (Wildman–Crippen LogP) is 7.85. The van der Waals surface area contributed by atoms with Crippen molar-refractivity contribution in [2.75, 3.05) is 168 Å². The molecule has 3 spiro atoms. The van der Waals surface area contributed by atoms with Crippen LogP contribution in [0.3, 0.4) is 0 Å². The molecule has 6 aromatic heterocycles. The Bertz CT molecular complexity index is 5080. The number of amides is 3. The average Bonchev–Trinajstić information content (AvgIpc) is 1.39. The number of nitrogens with two attached hydrogens (primary N) is 1. The van der Waals surface area contributed by atoms with E-state index in [1.54, 1.807) is 18.2 Å². The minimum absolute atomic E-state index is 0.0343. The highest BCUT2D eigenvalue weighted by Crippen LogP contribution is 2.43. The third-order valence-electron chi connectivity index (χ3n) is 24.0. The van der Waals surface area contributed by atoms with E-state index in [-0.39, 0.29) is 60.6 Å². The van der Waals surface area contributed by atoms with Crippen LogP contribution in [0.15, 0.2) is 109 Å². The number of hydrogen-bond donors (Lipinski definition) is 3. The summed E-state index contributed by atoms with van der Waals surface area (Å²) >= 11 is 0. The van der Waals surface area contributed by atoms with Crippen molar-refractivity contribution in [1.29, 1.82) is 0 Å². The van der Waals surface area contributed by atoms with Crippen molar-refractivity contribution in [2.45, 2.75) is 120 Å². The molecular weight excluding hydrogens is 1430 g/mol. The lowest BCUT2D eigenvalue weighted by Crippen LogP contribution is -2.57. The number of carbonyl (C=O) groups excluding carboxylic acids is 3. The van der Waals surface area contributed by atoms with Gasteiger partial charge in [-0.1, -0.05) is 36.4 Å². The lowest BCUT2D eigenvalue weighted by Gasteiger charge is -2.44. The fraction of sp³-hybridized carbons (Fsp3) is 0.494. The predicted molar refractivity (Wildman–Crippen MR) is 423 cm³/mol. The molecule has 0 radical (unpaired) electrons. The van der Waals surface area contributed by atoms with Crippen LogP contribution < -0.4 is 45.8 Å². The first-order valence-corrected chi connectivity index (χ1v) is 39.6. The van der Waals surface area contributed by atoms with Crippen molar-refractivity contribution in [3.05, 3.63) is 126 Å². The lowest BCUT2D eigenvalue weighted by molar-refractivity contribution is -0.0707. The Balaban J connectivity index is 0.538. The van der Waals surface area contributed by atoms with Gasteiger partial charge in [0.15, 0.2) is 16.9 Å². The van der Waals surface area contributed by atoms with Crippen molar-refractivity contribution < 1.29 is 52.3 Å². The number of carbonyl (C=O) groups is 3. The Kier molecular flexibility index (Phi) is 20.0. The summed E-state index contributed by atoms with van der Waals surface area (Å²) in [6.45, 7) is 22.1. The molecule has 8 saturated heterocycles. The number of benzene rings is 3. The molecule has 112 heavy (non-hydrogen) atoms. The summed E-state index contributed by atoms with van der Waals surface area (Å²) < 4.78 is 49.9. The molecule has 29 heteroatoms. The minimum atomic E-state index is -0.707. The average molecular weight is 1520 g/mol. The van der Waals surface area contributed by atoms with Gasteiger partial charge in [-0.3, -0.25) is 14.4 Å². The summed E-state index contributed by atoms with van der Waals surface area (Å²) in [4.78, 5) is 101. The van der Waals surface area contributed by atoms with Crippen LogP contribution >= 0.6 is 0 Å². The van der Waals surface area contributed by atoms with Crippen LogP contribution in [0.4, 0.5) is 35.3 Å². The van der Waals surface area contributed by atoms with Crippen LogP contribution in [0, 0.1) is 5.92 Å². The van der Waals surface area contributed by atoms with Gasteiger partial charge in [0.25, 0.3) is 11.8 Å². The molecule has 29 nitrogen and oxygen atoms in total. The van der Waals surface area contributed by atoms with Gasteiger partial charge >= 0.3 is 0 Å². The molecule has 4 N–H and O–H groups in total. The smallest absolute Gasteiger partial charge is 0.251 e. The van der Waals surface area contributed by atoms with Gasteiger partial charge < -0.3 is 83.7 Å². The van der Waals surface area contributed by atoms with E-state index in [1.165, 1.54) is 0 Å². The van der Waals surface area contributed by atoms with Gasteiger partial charge in [0.2, 0.25) is 23.8 Å². The normalized spacial score (nSPS) is 27.0. The monoisotopic (exact) mass is 1520 g/mol. The first kappa shape index (κ1) is 73.5. The molecule has 9 fully saturated rings. The second kappa shape index (κ2) is 30.5. The van der Waals surface area contributed by atoms with Crippen LogP contribution in [0.5, 0.6) is 0 Å². The summed E-state index contributed by atoms with van der Waals surface area (Å²) in [5.74, 6) is 3.38. The van der Waals surface area contributed by atoms with Gasteiger partial charge in [-0.2, -0.15) is 29.9 Å². The number of fused-ring (bicyclic) bond motifs is 3. The topological polar surface area (TPSA) is 311 Å². The molecule has 14 heterocycles. The van der Waals surface area contributed by atoms with Gasteiger partial charge in [-0.05, 0) is 133 Å². The second-order valence-corrected chi connectivity index (χ2v) is 32.1. The SMILES string of the molecule is C[C@H]1COC2(CCOC2)CN1c1nc(N2CCOC[C@@H]2C)c2ccc(-c3cccc(C(=O)NCC4CC5(CO4)CN(c4nc(N6CCOC[C@@H]6C)c6ccc(-c7cccc(C(=O)NCC8CCC9(C8)CN(c8nc(N%10CCOC[C@@H]%10C)c%10ccc(-c%11cccc(C(N)=O)c%11)nc%10n8)CCO9)c7)nc6n4)[C@@H](C)CO5)c3)nc2n1. The highest BCUT2D eigenvalue weighted by Gasteiger charge is 2.49. The molecular formula is C83H96N18O11. The van der Waals surface area contributed by atoms with Crippen LogP contribution in [0.25, 0.3) is 66.9 Å². The van der Waals surface area contributed by atoms with Crippen LogP contribution in [0.2, 0.25) is 0 Å². The Morgan fingerprint density at radius 1 is 0.438 bits per heavy atom. The first-order chi connectivity index (χ1) is 54.5. The zero-order valence-electron chi connectivity index (χ0n) is 64.1. The van der Waals surface area contributed by atoms with Crippen molar-refractivity contribution in [1.82, 2.24) is 55.5 Å². The van der Waals surface area contributed by atoms with E-state index < -0.39 is 22.7 Å². The van der Waals surface area contributed by atoms with Crippen molar-refractivity contribution in [2.24, 2.45) is 11.7 Å². The van der Waals surface area contributed by atoms with E-state index >= 15 is 0 Å². The molecule has 18 rings (SSSR count). The zero-order chi connectivity index (χ0) is 76.4. The molecule has 0 bridgehead atoms. The van der Waals surface area contributed by atoms with E-state index in [4.69, 9.17) is 88.5 Å². The molecule has 5 unspecified atom stereocenters. The number of nitrogens with zero attached hydrogens (tertiary/aromatic N) is 15. The van der Waals surface area contributed by atoms with Crippen molar-refractivity contribution >= 4 is 86.1 Å². The molecule has 1 aliphatic carbocycles. The standard InChI is InChI=1S/C83H96N18O11/c1-50-40-105-29-25-97(50)73-63-15-18-66(56-9-6-12-59(33-56)69(84)102)87-70(63)90-78(93-73)96-24-32-110-81(45-96)22-21-55(36-81)38-85-76(103)60-13-7-10-57(34-60)67-19-17-65-72(89-67)92-80(95-75(65)99-27-31-107-42-52(99)3)101-47-83(112-44-54(101)5)37-62(109-49-83)39-86-77(104)61-14-8-11-58(35-61)68-20-16-64-71(88-68)91-79(94-74(64)98-26-30-106-41-51(98)2)100-46-82(23-28-108-48-82)111-43-53(100)4/h6-20,33-35,50-55,62H,21-32,36-49H2,1-5H3,(H2,84,102)(H,85,103)(H,86,104)/t50-,51-,52-,53-,54-,55?,62?,81?,82?,83?/m0/s1. The minimum Gasteiger partial charge on any atom is -0.378 e. The molecule has 9 aliphatic rings. The highest BCUT2D eigenvalue weighted by atomic mass is 16.6. The summed E-state index contributed by atoms with van der Waals surface area (Å²) in [7, 11) is 0. The van der Waals surface area contributed by atoms with Gasteiger partial charge in [-0.25, -0.2) is 15.0 Å². The molecule has 8 aliphatic heterocycles. The number of ether oxygens (including phenoxy) is 8. The maximum atomic E-state index is 14.3. The van der Waals surface area contributed by atoms with Crippen LogP contribution in [0.1, 0.15) is 97.8 Å². The second-order valence-electron chi connectivity index (χ2n) is 32.1. The van der Waals surface area contributed by atoms with E-state index in [1.807, 2.05) is 91.0 Å². The molecule has 10 atom stereocenters.